The zero-order valence-electron chi connectivity index (χ0n) is 12.1. The Kier molecular flexibility index (Phi) is 4.05. The van der Waals surface area contributed by atoms with E-state index in [2.05, 4.69) is 4.72 Å². The number of amides is 1. The summed E-state index contributed by atoms with van der Waals surface area (Å²) in [6.45, 7) is 0.422. The van der Waals surface area contributed by atoms with E-state index in [1.54, 1.807) is 11.0 Å². The summed E-state index contributed by atoms with van der Waals surface area (Å²) in [6, 6.07) is 4.29. The van der Waals surface area contributed by atoms with E-state index in [-0.39, 0.29) is 23.0 Å². The summed E-state index contributed by atoms with van der Waals surface area (Å²) < 4.78 is 32.8. The van der Waals surface area contributed by atoms with E-state index in [4.69, 9.17) is 16.3 Å². The van der Waals surface area contributed by atoms with Crippen LogP contribution in [-0.2, 0) is 14.8 Å². The normalized spacial score (nSPS) is 22.2. The fourth-order valence-electron chi connectivity index (χ4n) is 2.69. The number of sulfonamides is 1. The SMILES string of the molecule is COc1ccc(Cl)cc1S(=O)(=O)NC1CC(=O)N(C2CC2)C1. The van der Waals surface area contributed by atoms with Crippen molar-refractivity contribution in [2.45, 2.75) is 36.2 Å². The van der Waals surface area contributed by atoms with Crippen LogP contribution in [0.4, 0.5) is 0 Å². The van der Waals surface area contributed by atoms with E-state index in [0.717, 1.165) is 12.8 Å². The maximum absolute atomic E-state index is 12.5. The highest BCUT2D eigenvalue weighted by Crippen LogP contribution is 2.32. The first-order chi connectivity index (χ1) is 10.4. The number of carbonyl (C=O) groups is 1. The fraction of sp³-hybridized carbons (Fsp3) is 0.500. The number of likely N-dealkylation sites (tertiary alicyclic amines) is 1. The van der Waals surface area contributed by atoms with E-state index >= 15 is 0 Å². The highest BCUT2D eigenvalue weighted by Gasteiger charge is 2.40. The number of carbonyl (C=O) groups excluding carboxylic acids is 1. The van der Waals surface area contributed by atoms with Gasteiger partial charge in [0, 0.05) is 30.1 Å². The number of rotatable bonds is 5. The predicted molar refractivity (Wildman–Crippen MR) is 81.5 cm³/mol. The van der Waals surface area contributed by atoms with Crippen LogP contribution in [-0.4, -0.2) is 45.0 Å². The summed E-state index contributed by atoms with van der Waals surface area (Å²) >= 11 is 5.88. The van der Waals surface area contributed by atoms with Gasteiger partial charge >= 0.3 is 0 Å². The molecule has 22 heavy (non-hydrogen) atoms. The second-order valence-electron chi connectivity index (χ2n) is 5.59. The van der Waals surface area contributed by atoms with Crippen LogP contribution in [0.25, 0.3) is 0 Å². The molecule has 1 amide bonds. The van der Waals surface area contributed by atoms with Gasteiger partial charge in [-0.3, -0.25) is 4.79 Å². The molecule has 1 aliphatic carbocycles. The molecule has 120 valence electrons. The highest BCUT2D eigenvalue weighted by molar-refractivity contribution is 7.89. The van der Waals surface area contributed by atoms with Crippen LogP contribution >= 0.6 is 11.6 Å². The molecule has 2 aliphatic rings. The molecule has 0 spiro atoms. The number of nitrogens with zero attached hydrogens (tertiary/aromatic N) is 1. The Morgan fingerprint density at radius 1 is 1.36 bits per heavy atom. The molecule has 1 atom stereocenters. The van der Waals surface area contributed by atoms with Gasteiger partial charge in [-0.1, -0.05) is 11.6 Å². The summed E-state index contributed by atoms with van der Waals surface area (Å²) in [5.74, 6) is 0.230. The smallest absolute Gasteiger partial charge is 0.244 e. The quantitative estimate of drug-likeness (QED) is 0.875. The topological polar surface area (TPSA) is 75.7 Å². The molecule has 1 N–H and O–H groups in total. The Balaban J connectivity index is 1.79. The zero-order valence-corrected chi connectivity index (χ0v) is 13.7. The summed E-state index contributed by atoms with van der Waals surface area (Å²) in [7, 11) is -2.40. The fourth-order valence-corrected chi connectivity index (χ4v) is 4.35. The lowest BCUT2D eigenvalue weighted by atomic mass is 10.3. The van der Waals surface area contributed by atoms with Gasteiger partial charge in [0.2, 0.25) is 15.9 Å². The van der Waals surface area contributed by atoms with Gasteiger partial charge in [-0.25, -0.2) is 13.1 Å². The number of methoxy groups -OCH3 is 1. The maximum Gasteiger partial charge on any atom is 0.244 e. The highest BCUT2D eigenvalue weighted by atomic mass is 35.5. The predicted octanol–water partition coefficient (Wildman–Crippen LogP) is 1.39. The molecular formula is C14H17ClN2O4S. The lowest BCUT2D eigenvalue weighted by molar-refractivity contribution is -0.128. The molecule has 0 radical (unpaired) electrons. The molecule has 1 aliphatic heterocycles. The van der Waals surface area contributed by atoms with Gasteiger partial charge in [0.25, 0.3) is 0 Å². The lowest BCUT2D eigenvalue weighted by Gasteiger charge is -2.17. The van der Waals surface area contributed by atoms with Crippen molar-refractivity contribution >= 4 is 27.5 Å². The van der Waals surface area contributed by atoms with Gasteiger partial charge in [-0.15, -0.1) is 0 Å². The second kappa shape index (κ2) is 5.72. The Hall–Kier alpha value is -1.31. The van der Waals surface area contributed by atoms with Gasteiger partial charge in [0.15, 0.2) is 0 Å². The van der Waals surface area contributed by atoms with Gasteiger partial charge < -0.3 is 9.64 Å². The molecule has 1 aromatic rings. The van der Waals surface area contributed by atoms with E-state index in [1.165, 1.54) is 19.2 Å². The third kappa shape index (κ3) is 3.06. The standard InChI is InChI=1S/C14H17ClN2O4S/c1-21-12-5-2-9(15)6-13(12)22(19,20)16-10-7-14(18)17(8-10)11-3-4-11/h2,5-6,10-11,16H,3-4,7-8H2,1H3. The van der Waals surface area contributed by atoms with Crippen LogP contribution < -0.4 is 9.46 Å². The zero-order chi connectivity index (χ0) is 15.9. The van der Waals surface area contributed by atoms with Crippen molar-refractivity contribution in [3.8, 4) is 5.75 Å². The minimum absolute atomic E-state index is 0.00765. The van der Waals surface area contributed by atoms with Crippen molar-refractivity contribution < 1.29 is 17.9 Å². The first-order valence-electron chi connectivity index (χ1n) is 7.06. The number of hydrogen-bond donors (Lipinski definition) is 1. The average Bonchev–Trinajstić information content (AvgIpc) is 3.23. The first-order valence-corrected chi connectivity index (χ1v) is 8.92. The Morgan fingerprint density at radius 2 is 2.09 bits per heavy atom. The number of nitrogens with one attached hydrogen (secondary N) is 1. The first kappa shape index (κ1) is 15.6. The molecule has 0 aromatic heterocycles. The van der Waals surface area contributed by atoms with Crippen molar-refractivity contribution in [3.63, 3.8) is 0 Å². The number of ether oxygens (including phenoxy) is 1. The third-order valence-corrected chi connectivity index (χ3v) is 5.66. The van der Waals surface area contributed by atoms with Crippen molar-refractivity contribution in [1.29, 1.82) is 0 Å². The lowest BCUT2D eigenvalue weighted by Crippen LogP contribution is -2.37. The van der Waals surface area contributed by atoms with Crippen molar-refractivity contribution in [3.05, 3.63) is 23.2 Å². The summed E-state index contributed by atoms with van der Waals surface area (Å²) in [5.41, 5.74) is 0. The number of benzene rings is 1. The molecular weight excluding hydrogens is 328 g/mol. The molecule has 1 unspecified atom stereocenters. The van der Waals surface area contributed by atoms with Crippen molar-refractivity contribution in [2.24, 2.45) is 0 Å². The van der Waals surface area contributed by atoms with Gasteiger partial charge in [0.1, 0.15) is 10.6 Å². The molecule has 8 heteroatoms. The number of hydrogen-bond acceptors (Lipinski definition) is 4. The summed E-state index contributed by atoms with van der Waals surface area (Å²) in [4.78, 5) is 13.7. The Morgan fingerprint density at radius 3 is 2.73 bits per heavy atom. The van der Waals surface area contributed by atoms with E-state index in [9.17, 15) is 13.2 Å². The van der Waals surface area contributed by atoms with E-state index < -0.39 is 16.1 Å². The second-order valence-corrected chi connectivity index (χ2v) is 7.71. The van der Waals surface area contributed by atoms with E-state index in [0.29, 0.717) is 17.6 Å². The minimum Gasteiger partial charge on any atom is -0.495 e. The van der Waals surface area contributed by atoms with Crippen LogP contribution in [0.2, 0.25) is 5.02 Å². The molecule has 1 heterocycles. The summed E-state index contributed by atoms with van der Waals surface area (Å²) in [6.07, 6.45) is 2.21. The molecule has 1 saturated carbocycles. The van der Waals surface area contributed by atoms with Crippen LogP contribution in [0.3, 0.4) is 0 Å². The minimum atomic E-state index is -3.80. The van der Waals surface area contributed by atoms with Crippen LogP contribution in [0, 0.1) is 0 Å². The average molecular weight is 345 g/mol. The van der Waals surface area contributed by atoms with Crippen LogP contribution in [0.1, 0.15) is 19.3 Å². The molecule has 0 bridgehead atoms. The van der Waals surface area contributed by atoms with Gasteiger partial charge in [0.05, 0.1) is 7.11 Å². The molecule has 3 rings (SSSR count). The van der Waals surface area contributed by atoms with Crippen LogP contribution in [0.15, 0.2) is 23.1 Å². The Bertz CT molecular complexity index is 703. The van der Waals surface area contributed by atoms with Gasteiger partial charge in [-0.05, 0) is 31.0 Å². The van der Waals surface area contributed by atoms with Crippen molar-refractivity contribution in [1.82, 2.24) is 9.62 Å². The summed E-state index contributed by atoms with van der Waals surface area (Å²) in [5, 5.41) is 0.309. The monoisotopic (exact) mass is 344 g/mol. The Labute approximate surface area is 134 Å². The largest absolute Gasteiger partial charge is 0.495 e. The maximum atomic E-state index is 12.5. The third-order valence-electron chi connectivity index (χ3n) is 3.88. The van der Waals surface area contributed by atoms with Crippen LogP contribution in [0.5, 0.6) is 5.75 Å². The molecule has 2 fully saturated rings. The molecule has 1 saturated heterocycles. The van der Waals surface area contributed by atoms with Crippen molar-refractivity contribution in [2.75, 3.05) is 13.7 Å². The van der Waals surface area contributed by atoms with E-state index in [1.807, 2.05) is 0 Å². The van der Waals surface area contributed by atoms with Gasteiger partial charge in [-0.2, -0.15) is 0 Å². The molecule has 1 aromatic carbocycles. The molecule has 6 nitrogen and oxygen atoms in total. The number of halogens is 1.